The smallest absolute Gasteiger partial charge is 0.0692 e. The van der Waals surface area contributed by atoms with Crippen molar-refractivity contribution in [3.05, 3.63) is 12.2 Å². The predicted octanol–water partition coefficient (Wildman–Crippen LogP) is 2.50. The Hall–Kier alpha value is -0.300. The van der Waals surface area contributed by atoms with Crippen LogP contribution in [0.2, 0.25) is 0 Å². The van der Waals surface area contributed by atoms with Gasteiger partial charge in [0.15, 0.2) is 0 Å². The third-order valence-electron chi connectivity index (χ3n) is 1.39. The molecule has 0 radical (unpaired) electrons. The highest BCUT2D eigenvalue weighted by Gasteiger charge is 1.84. The Kier molecular flexibility index (Phi) is 6.61. The average Bonchev–Trinajstić information content (AvgIpc) is 1.87. The Morgan fingerprint density at radius 2 is 2.10 bits per heavy atom. The molecule has 0 aromatic carbocycles. The Morgan fingerprint density at radius 3 is 2.60 bits per heavy atom. The van der Waals surface area contributed by atoms with E-state index in [1.807, 2.05) is 6.08 Å². The van der Waals surface area contributed by atoms with Crippen LogP contribution in [0.3, 0.4) is 0 Å². The van der Waals surface area contributed by atoms with Gasteiger partial charge in [-0.05, 0) is 19.8 Å². The number of hydrogen-bond acceptors (Lipinski definition) is 1. The number of hydrogen-bond donors (Lipinski definition) is 1. The van der Waals surface area contributed by atoms with E-state index in [4.69, 9.17) is 5.11 Å². The van der Waals surface area contributed by atoms with E-state index in [2.05, 4.69) is 13.0 Å². The number of unbranched alkanes of at least 4 members (excludes halogenated alkanes) is 3. The molecule has 0 aromatic heterocycles. The van der Waals surface area contributed by atoms with Gasteiger partial charge in [0.05, 0.1) is 6.10 Å². The van der Waals surface area contributed by atoms with Gasteiger partial charge in [0.1, 0.15) is 0 Å². The van der Waals surface area contributed by atoms with Crippen LogP contribution in [0.5, 0.6) is 0 Å². The van der Waals surface area contributed by atoms with Gasteiger partial charge in [-0.2, -0.15) is 0 Å². The average molecular weight is 142 g/mol. The molecular formula is C9H18O. The summed E-state index contributed by atoms with van der Waals surface area (Å²) in [5.41, 5.74) is 0. The molecule has 0 amide bonds. The number of allylic oxidation sites excluding steroid dienone is 1. The van der Waals surface area contributed by atoms with Crippen molar-refractivity contribution >= 4 is 0 Å². The molecule has 0 fully saturated rings. The van der Waals surface area contributed by atoms with Crippen molar-refractivity contribution in [2.45, 2.75) is 45.6 Å². The first-order valence-electron chi connectivity index (χ1n) is 4.12. The lowest BCUT2D eigenvalue weighted by Gasteiger charge is -1.93. The molecule has 0 spiro atoms. The van der Waals surface area contributed by atoms with Gasteiger partial charge in [-0.3, -0.25) is 0 Å². The second-order valence-corrected chi connectivity index (χ2v) is 2.66. The highest BCUT2D eigenvalue weighted by Crippen LogP contribution is 1.99. The lowest BCUT2D eigenvalue weighted by Crippen LogP contribution is -1.91. The number of aliphatic hydroxyl groups is 1. The van der Waals surface area contributed by atoms with Gasteiger partial charge in [0, 0.05) is 0 Å². The zero-order valence-electron chi connectivity index (χ0n) is 7.01. The summed E-state index contributed by atoms with van der Waals surface area (Å²) in [7, 11) is 0. The first-order chi connectivity index (χ1) is 4.77. The molecule has 0 saturated heterocycles. The van der Waals surface area contributed by atoms with Crippen LogP contribution in [-0.4, -0.2) is 11.2 Å². The van der Waals surface area contributed by atoms with E-state index >= 15 is 0 Å². The van der Waals surface area contributed by atoms with E-state index in [-0.39, 0.29) is 6.10 Å². The zero-order valence-corrected chi connectivity index (χ0v) is 7.01. The molecule has 0 rings (SSSR count). The zero-order chi connectivity index (χ0) is 7.82. The van der Waals surface area contributed by atoms with Crippen LogP contribution in [-0.2, 0) is 0 Å². The van der Waals surface area contributed by atoms with Gasteiger partial charge >= 0.3 is 0 Å². The van der Waals surface area contributed by atoms with Crippen LogP contribution >= 0.6 is 0 Å². The lowest BCUT2D eigenvalue weighted by atomic mass is 10.2. The van der Waals surface area contributed by atoms with E-state index in [1.165, 1.54) is 19.3 Å². The third kappa shape index (κ3) is 7.70. The standard InChI is InChI=1S/C9H18O/c1-3-4-5-6-7-8-9(2)10/h7-10H,3-6H2,1-2H3/b8-7-. The Labute approximate surface area is 63.8 Å². The molecular weight excluding hydrogens is 124 g/mol. The van der Waals surface area contributed by atoms with Crippen LogP contribution in [0, 0.1) is 0 Å². The van der Waals surface area contributed by atoms with Gasteiger partial charge < -0.3 is 5.11 Å². The lowest BCUT2D eigenvalue weighted by molar-refractivity contribution is 0.244. The maximum Gasteiger partial charge on any atom is 0.0692 e. The minimum absolute atomic E-state index is 0.276. The van der Waals surface area contributed by atoms with Crippen LogP contribution < -0.4 is 0 Å². The summed E-state index contributed by atoms with van der Waals surface area (Å²) < 4.78 is 0. The topological polar surface area (TPSA) is 20.2 Å². The summed E-state index contributed by atoms with van der Waals surface area (Å²) in [6.07, 6.45) is 8.54. The van der Waals surface area contributed by atoms with Crippen LogP contribution in [0.15, 0.2) is 12.2 Å². The normalized spacial score (nSPS) is 14.3. The van der Waals surface area contributed by atoms with Gasteiger partial charge in [-0.15, -0.1) is 0 Å². The number of aliphatic hydroxyl groups excluding tert-OH is 1. The van der Waals surface area contributed by atoms with E-state index in [0.717, 1.165) is 6.42 Å². The van der Waals surface area contributed by atoms with Gasteiger partial charge in [0.25, 0.3) is 0 Å². The molecule has 0 heterocycles. The first kappa shape index (κ1) is 9.70. The van der Waals surface area contributed by atoms with E-state index in [0.29, 0.717) is 0 Å². The van der Waals surface area contributed by atoms with Crippen LogP contribution in [0.25, 0.3) is 0 Å². The molecule has 0 aliphatic heterocycles. The van der Waals surface area contributed by atoms with Crippen molar-refractivity contribution in [2.75, 3.05) is 0 Å². The Morgan fingerprint density at radius 1 is 1.40 bits per heavy atom. The fourth-order valence-corrected chi connectivity index (χ4v) is 0.805. The monoisotopic (exact) mass is 142 g/mol. The highest BCUT2D eigenvalue weighted by molar-refractivity contribution is 4.85. The summed E-state index contributed by atoms with van der Waals surface area (Å²) in [5, 5.41) is 8.82. The molecule has 1 nitrogen and oxygen atoms in total. The maximum atomic E-state index is 8.82. The van der Waals surface area contributed by atoms with E-state index in [9.17, 15) is 0 Å². The molecule has 1 heteroatoms. The molecule has 10 heavy (non-hydrogen) atoms. The van der Waals surface area contributed by atoms with Crippen molar-refractivity contribution < 1.29 is 5.11 Å². The fourth-order valence-electron chi connectivity index (χ4n) is 0.805. The first-order valence-corrected chi connectivity index (χ1v) is 4.12. The molecule has 0 bridgehead atoms. The number of rotatable bonds is 5. The summed E-state index contributed by atoms with van der Waals surface area (Å²) in [4.78, 5) is 0. The van der Waals surface area contributed by atoms with Crippen molar-refractivity contribution in [2.24, 2.45) is 0 Å². The van der Waals surface area contributed by atoms with E-state index < -0.39 is 0 Å². The summed E-state index contributed by atoms with van der Waals surface area (Å²) >= 11 is 0. The minimum Gasteiger partial charge on any atom is -0.389 e. The molecule has 60 valence electrons. The van der Waals surface area contributed by atoms with Crippen molar-refractivity contribution in [1.29, 1.82) is 0 Å². The molecule has 1 N–H and O–H groups in total. The third-order valence-corrected chi connectivity index (χ3v) is 1.39. The summed E-state index contributed by atoms with van der Waals surface area (Å²) in [6.45, 7) is 3.97. The largest absolute Gasteiger partial charge is 0.389 e. The predicted molar refractivity (Wildman–Crippen MR) is 45.0 cm³/mol. The van der Waals surface area contributed by atoms with Gasteiger partial charge in [-0.1, -0.05) is 31.9 Å². The molecule has 1 unspecified atom stereocenters. The quantitative estimate of drug-likeness (QED) is 0.462. The summed E-state index contributed by atoms with van der Waals surface area (Å²) in [6, 6.07) is 0. The van der Waals surface area contributed by atoms with Crippen molar-refractivity contribution in [3.8, 4) is 0 Å². The van der Waals surface area contributed by atoms with Crippen molar-refractivity contribution in [3.63, 3.8) is 0 Å². The highest BCUT2D eigenvalue weighted by atomic mass is 16.3. The molecule has 0 aliphatic rings. The van der Waals surface area contributed by atoms with Crippen LogP contribution in [0.4, 0.5) is 0 Å². The second-order valence-electron chi connectivity index (χ2n) is 2.66. The summed E-state index contributed by atoms with van der Waals surface area (Å²) in [5.74, 6) is 0. The Bertz CT molecular complexity index is 84.7. The SMILES string of the molecule is CCCCC/C=C\C(C)O. The Balaban J connectivity index is 3.02. The fraction of sp³-hybridized carbons (Fsp3) is 0.778. The van der Waals surface area contributed by atoms with E-state index in [1.54, 1.807) is 6.92 Å². The second kappa shape index (κ2) is 6.81. The maximum absolute atomic E-state index is 8.82. The molecule has 0 aromatic rings. The molecule has 1 atom stereocenters. The van der Waals surface area contributed by atoms with Crippen LogP contribution in [0.1, 0.15) is 39.5 Å². The van der Waals surface area contributed by atoms with Gasteiger partial charge in [0.2, 0.25) is 0 Å². The van der Waals surface area contributed by atoms with Crippen molar-refractivity contribution in [1.82, 2.24) is 0 Å². The minimum atomic E-state index is -0.276. The van der Waals surface area contributed by atoms with Gasteiger partial charge in [-0.25, -0.2) is 0 Å². The molecule has 0 saturated carbocycles. The molecule has 0 aliphatic carbocycles.